The van der Waals surface area contributed by atoms with E-state index in [0.29, 0.717) is 35.5 Å². The molecule has 1 aromatic heterocycles. The molecule has 164 valence electrons. The minimum absolute atomic E-state index is 0.0778. The van der Waals surface area contributed by atoms with Crippen molar-refractivity contribution in [1.82, 2.24) is 15.8 Å². The molecular formula is C22H22Cl2FN3O3. The molecule has 0 spiro atoms. The molecule has 0 radical (unpaired) electrons. The highest BCUT2D eigenvalue weighted by atomic mass is 35.5. The molecule has 1 fully saturated rings. The lowest BCUT2D eigenvalue weighted by Crippen LogP contribution is -2.50. The Labute approximate surface area is 189 Å². The number of ether oxygens (including phenoxy) is 1. The molecule has 4 rings (SSSR count). The van der Waals surface area contributed by atoms with Crippen LogP contribution in [-0.2, 0) is 0 Å². The first-order chi connectivity index (χ1) is 15.0. The number of nitrogens with zero attached hydrogens (tertiary/aromatic N) is 1. The number of hydrogen-bond acceptors (Lipinski definition) is 5. The van der Waals surface area contributed by atoms with E-state index in [1.807, 2.05) is 5.01 Å². The van der Waals surface area contributed by atoms with E-state index in [1.165, 1.54) is 12.1 Å². The highest BCUT2D eigenvalue weighted by Crippen LogP contribution is 2.23. The van der Waals surface area contributed by atoms with Gasteiger partial charge in [0.05, 0.1) is 5.02 Å². The predicted octanol–water partition coefficient (Wildman–Crippen LogP) is 4.66. The van der Waals surface area contributed by atoms with Gasteiger partial charge in [-0.05, 0) is 49.2 Å². The van der Waals surface area contributed by atoms with Gasteiger partial charge in [-0.3, -0.25) is 10.2 Å². The topological polar surface area (TPSA) is 66.7 Å². The zero-order chi connectivity index (χ0) is 21.8. The van der Waals surface area contributed by atoms with Crippen molar-refractivity contribution in [3.05, 3.63) is 64.1 Å². The predicted molar refractivity (Wildman–Crippen MR) is 118 cm³/mol. The van der Waals surface area contributed by atoms with Gasteiger partial charge in [0.15, 0.2) is 5.76 Å². The third kappa shape index (κ3) is 5.68. The van der Waals surface area contributed by atoms with Crippen LogP contribution >= 0.6 is 23.2 Å². The van der Waals surface area contributed by atoms with Crippen molar-refractivity contribution in [2.24, 2.45) is 0 Å². The Morgan fingerprint density at radius 2 is 1.97 bits per heavy atom. The van der Waals surface area contributed by atoms with Crippen LogP contribution in [0.1, 0.15) is 23.4 Å². The first-order valence-corrected chi connectivity index (χ1v) is 10.8. The second-order valence-corrected chi connectivity index (χ2v) is 8.22. The first kappa shape index (κ1) is 21.9. The van der Waals surface area contributed by atoms with Crippen LogP contribution in [0.2, 0.25) is 10.0 Å². The van der Waals surface area contributed by atoms with Gasteiger partial charge in [-0.1, -0.05) is 23.2 Å². The van der Waals surface area contributed by atoms with Gasteiger partial charge in [0, 0.05) is 42.2 Å². The molecule has 1 aliphatic rings. The average molecular weight is 466 g/mol. The maximum absolute atomic E-state index is 13.4. The zero-order valence-corrected chi connectivity index (χ0v) is 18.2. The second kappa shape index (κ2) is 9.87. The summed E-state index contributed by atoms with van der Waals surface area (Å²) in [6.07, 6.45) is 1.76. The number of benzene rings is 2. The number of fused-ring (bicyclic) bond motifs is 1. The summed E-state index contributed by atoms with van der Waals surface area (Å²) in [5, 5.41) is 6.80. The number of furan rings is 1. The SMILES string of the molecule is O=C(NN1CCC(NCCOc2ccc(Cl)c(F)c2)CC1)c1cc2cc(Cl)ccc2o1. The molecule has 31 heavy (non-hydrogen) atoms. The Morgan fingerprint density at radius 3 is 2.74 bits per heavy atom. The largest absolute Gasteiger partial charge is 0.492 e. The number of carbonyl (C=O) groups excluding carboxylic acids is 1. The van der Waals surface area contributed by atoms with Crippen molar-refractivity contribution >= 4 is 40.1 Å². The van der Waals surface area contributed by atoms with Crippen LogP contribution in [0.5, 0.6) is 5.75 Å². The summed E-state index contributed by atoms with van der Waals surface area (Å²) in [6.45, 7) is 2.51. The summed E-state index contributed by atoms with van der Waals surface area (Å²) >= 11 is 11.6. The summed E-state index contributed by atoms with van der Waals surface area (Å²) in [4.78, 5) is 12.5. The third-order valence-electron chi connectivity index (χ3n) is 5.15. The fraction of sp³-hybridized carbons (Fsp3) is 0.318. The maximum atomic E-state index is 13.4. The highest BCUT2D eigenvalue weighted by molar-refractivity contribution is 6.31. The van der Waals surface area contributed by atoms with Crippen LogP contribution in [0, 0.1) is 5.82 Å². The van der Waals surface area contributed by atoms with Crippen LogP contribution < -0.4 is 15.5 Å². The quantitative estimate of drug-likeness (QED) is 0.496. The van der Waals surface area contributed by atoms with Gasteiger partial charge >= 0.3 is 5.91 Å². The van der Waals surface area contributed by atoms with Gasteiger partial charge in [0.25, 0.3) is 0 Å². The molecule has 0 unspecified atom stereocenters. The summed E-state index contributed by atoms with van der Waals surface area (Å²) in [5.41, 5.74) is 3.52. The van der Waals surface area contributed by atoms with Crippen molar-refractivity contribution in [2.75, 3.05) is 26.2 Å². The zero-order valence-electron chi connectivity index (χ0n) is 16.7. The maximum Gasteiger partial charge on any atom is 0.301 e. The summed E-state index contributed by atoms with van der Waals surface area (Å²) in [6, 6.07) is 11.7. The molecule has 0 atom stereocenters. The number of hydrogen-bond donors (Lipinski definition) is 2. The lowest BCUT2D eigenvalue weighted by Gasteiger charge is -2.32. The van der Waals surface area contributed by atoms with Crippen molar-refractivity contribution < 1.29 is 18.3 Å². The Morgan fingerprint density at radius 1 is 1.16 bits per heavy atom. The number of rotatable bonds is 7. The van der Waals surface area contributed by atoms with Crippen molar-refractivity contribution in [2.45, 2.75) is 18.9 Å². The molecule has 2 aromatic carbocycles. The summed E-state index contributed by atoms with van der Waals surface area (Å²) in [5.74, 6) is -0.0577. The van der Waals surface area contributed by atoms with E-state index in [2.05, 4.69) is 10.7 Å². The molecule has 6 nitrogen and oxygen atoms in total. The fourth-order valence-corrected chi connectivity index (χ4v) is 3.82. The number of piperidine rings is 1. The molecule has 9 heteroatoms. The van der Waals surface area contributed by atoms with Crippen molar-refractivity contribution in [3.8, 4) is 5.75 Å². The molecule has 3 aromatic rings. The lowest BCUT2D eigenvalue weighted by atomic mass is 10.1. The first-order valence-electron chi connectivity index (χ1n) is 10.0. The van der Waals surface area contributed by atoms with Crippen LogP contribution in [0.15, 0.2) is 46.9 Å². The van der Waals surface area contributed by atoms with Crippen LogP contribution in [0.3, 0.4) is 0 Å². The minimum Gasteiger partial charge on any atom is -0.492 e. The fourth-order valence-electron chi connectivity index (χ4n) is 3.52. The van der Waals surface area contributed by atoms with E-state index in [0.717, 1.165) is 31.3 Å². The smallest absolute Gasteiger partial charge is 0.301 e. The van der Waals surface area contributed by atoms with Crippen LogP contribution in [0.4, 0.5) is 4.39 Å². The number of hydrazine groups is 1. The lowest BCUT2D eigenvalue weighted by molar-refractivity contribution is 0.0696. The Bertz CT molecular complexity index is 1070. The summed E-state index contributed by atoms with van der Waals surface area (Å²) < 4.78 is 24.6. The van der Waals surface area contributed by atoms with Gasteiger partial charge in [-0.25, -0.2) is 9.40 Å². The number of nitrogens with one attached hydrogen (secondary N) is 2. The number of halogens is 3. The molecular weight excluding hydrogens is 444 g/mol. The molecule has 0 saturated carbocycles. The van der Waals surface area contributed by atoms with Crippen molar-refractivity contribution in [1.29, 1.82) is 0 Å². The van der Waals surface area contributed by atoms with Gasteiger partial charge < -0.3 is 14.5 Å². The third-order valence-corrected chi connectivity index (χ3v) is 5.69. The Hall–Kier alpha value is -2.32. The van der Waals surface area contributed by atoms with Crippen LogP contribution in [0.25, 0.3) is 11.0 Å². The Balaban J connectivity index is 1.18. The van der Waals surface area contributed by atoms with Gasteiger partial charge in [-0.15, -0.1) is 0 Å². The van der Waals surface area contributed by atoms with Crippen LogP contribution in [-0.4, -0.2) is 43.2 Å². The highest BCUT2D eigenvalue weighted by Gasteiger charge is 2.22. The van der Waals surface area contributed by atoms with Gasteiger partial charge in [-0.2, -0.15) is 0 Å². The van der Waals surface area contributed by atoms with E-state index in [-0.39, 0.29) is 16.7 Å². The van der Waals surface area contributed by atoms with E-state index in [1.54, 1.807) is 30.3 Å². The average Bonchev–Trinajstić information content (AvgIpc) is 3.18. The molecule has 0 bridgehead atoms. The van der Waals surface area contributed by atoms with Gasteiger partial charge in [0.2, 0.25) is 0 Å². The van der Waals surface area contributed by atoms with E-state index < -0.39 is 5.82 Å². The standard InChI is InChI=1S/C22H22Cl2FN3O3/c23-15-1-4-20-14(11-15)12-21(31-20)22(29)27-28-8-5-16(6-9-28)26-7-10-30-17-2-3-18(24)19(25)13-17/h1-4,11-13,16,26H,5-10H2,(H,27,29). The molecule has 1 amide bonds. The van der Waals surface area contributed by atoms with E-state index >= 15 is 0 Å². The van der Waals surface area contributed by atoms with Gasteiger partial charge in [0.1, 0.15) is 23.8 Å². The normalized spacial score (nSPS) is 15.3. The minimum atomic E-state index is -0.493. The second-order valence-electron chi connectivity index (χ2n) is 7.37. The van der Waals surface area contributed by atoms with Crippen molar-refractivity contribution in [3.63, 3.8) is 0 Å². The molecule has 2 heterocycles. The summed E-state index contributed by atoms with van der Waals surface area (Å²) in [7, 11) is 0. The number of amides is 1. The molecule has 1 saturated heterocycles. The molecule has 0 aliphatic carbocycles. The van der Waals surface area contributed by atoms with E-state index in [4.69, 9.17) is 32.4 Å². The number of carbonyl (C=O) groups is 1. The Kier molecular flexibility index (Phi) is 6.97. The monoisotopic (exact) mass is 465 g/mol. The van der Waals surface area contributed by atoms with E-state index in [9.17, 15) is 9.18 Å². The molecule has 2 N–H and O–H groups in total. The molecule has 1 aliphatic heterocycles.